The molecule has 3 aromatic carbocycles. The summed E-state index contributed by atoms with van der Waals surface area (Å²) >= 11 is 0. The monoisotopic (exact) mass is 905 g/mol. The van der Waals surface area contributed by atoms with Crippen LogP contribution in [0.25, 0.3) is 11.1 Å². The third kappa shape index (κ3) is 12.6. The summed E-state index contributed by atoms with van der Waals surface area (Å²) < 4.78 is 18.0. The first kappa shape index (κ1) is 49.9. The van der Waals surface area contributed by atoms with Gasteiger partial charge in [-0.15, -0.1) is 0 Å². The summed E-state index contributed by atoms with van der Waals surface area (Å²) in [5.41, 5.74) is 20.9. The molecule has 4 atom stereocenters. The summed E-state index contributed by atoms with van der Waals surface area (Å²) in [7, 11) is 1.40. The summed E-state index contributed by atoms with van der Waals surface area (Å²) in [5, 5.41) is 19.8. The van der Waals surface area contributed by atoms with Crippen LogP contribution in [0.5, 0.6) is 23.3 Å². The van der Waals surface area contributed by atoms with Gasteiger partial charge in [0.1, 0.15) is 61.2 Å². The second-order valence-electron chi connectivity index (χ2n) is 16.7. The van der Waals surface area contributed by atoms with Crippen LogP contribution in [-0.2, 0) is 31.0 Å². The van der Waals surface area contributed by atoms with Crippen LogP contribution in [0.2, 0.25) is 0 Å². The highest BCUT2D eigenvalue weighted by Gasteiger charge is 2.36. The summed E-state index contributed by atoms with van der Waals surface area (Å²) in [5.74, 6) is -2.19. The van der Waals surface area contributed by atoms with Crippen LogP contribution in [0.15, 0.2) is 66.9 Å². The Morgan fingerprint density at radius 3 is 2.18 bits per heavy atom. The Kier molecular flexibility index (Phi) is 17.1. The van der Waals surface area contributed by atoms with Gasteiger partial charge in [0.15, 0.2) is 0 Å². The Balaban J connectivity index is 1.53. The van der Waals surface area contributed by atoms with E-state index in [1.165, 1.54) is 20.2 Å². The number of carbonyl (C=O) groups is 5. The number of benzene rings is 3. The largest absolute Gasteiger partial charge is 0.492 e. The van der Waals surface area contributed by atoms with Gasteiger partial charge in [0.2, 0.25) is 23.6 Å². The predicted octanol–water partition coefficient (Wildman–Crippen LogP) is 2.05. The van der Waals surface area contributed by atoms with Crippen LogP contribution in [0.4, 0.5) is 0 Å². The topological polar surface area (TPSA) is 292 Å². The molecule has 0 unspecified atom stereocenters. The second kappa shape index (κ2) is 22.7. The number of hydrogen-bond acceptors (Lipinski definition) is 14. The maximum atomic E-state index is 14.6. The maximum absolute atomic E-state index is 14.6. The van der Waals surface area contributed by atoms with Crippen molar-refractivity contribution in [1.82, 2.24) is 36.1 Å². The van der Waals surface area contributed by atoms with E-state index in [4.69, 9.17) is 36.7 Å². The number of nitriles is 1. The van der Waals surface area contributed by atoms with Crippen molar-refractivity contribution in [2.45, 2.75) is 77.0 Å². The molecule has 1 aromatic heterocycles. The van der Waals surface area contributed by atoms with Gasteiger partial charge in [-0.1, -0.05) is 45.0 Å². The summed E-state index contributed by atoms with van der Waals surface area (Å²) in [6, 6.07) is 14.5. The van der Waals surface area contributed by atoms with Crippen LogP contribution >= 0.6 is 0 Å². The van der Waals surface area contributed by atoms with E-state index in [1.807, 2.05) is 30.3 Å². The number of amides is 5. The molecule has 10 N–H and O–H groups in total. The van der Waals surface area contributed by atoms with Crippen molar-refractivity contribution >= 4 is 29.5 Å². The van der Waals surface area contributed by atoms with Gasteiger partial charge in [0.25, 0.3) is 5.91 Å². The quantitative estimate of drug-likeness (QED) is 0.0793. The zero-order valence-corrected chi connectivity index (χ0v) is 38.1. The van der Waals surface area contributed by atoms with Crippen molar-refractivity contribution in [3.8, 4) is 40.5 Å². The second-order valence-corrected chi connectivity index (χ2v) is 16.7. The van der Waals surface area contributed by atoms with Crippen LogP contribution < -0.4 is 52.7 Å². The molecule has 0 aliphatic carbocycles. The number of rotatable bonds is 16. The van der Waals surface area contributed by atoms with E-state index in [-0.39, 0.29) is 74.9 Å². The van der Waals surface area contributed by atoms with E-state index in [0.29, 0.717) is 39.5 Å². The number of likely N-dealkylation sites (N-methyl/N-ethyl adjacent to an activating group) is 1. The Hall–Kier alpha value is -7.14. The zero-order valence-electron chi connectivity index (χ0n) is 38.1. The van der Waals surface area contributed by atoms with Crippen molar-refractivity contribution in [1.29, 1.82) is 5.26 Å². The number of nitrogens with one attached hydrogen (secondary N) is 4. The van der Waals surface area contributed by atoms with Gasteiger partial charge < -0.3 is 57.6 Å². The Labute approximate surface area is 384 Å². The van der Waals surface area contributed by atoms with Gasteiger partial charge >= 0.3 is 6.01 Å². The zero-order chi connectivity index (χ0) is 48.1. The van der Waals surface area contributed by atoms with E-state index in [9.17, 15) is 24.0 Å². The smallest absolute Gasteiger partial charge is 0.322 e. The minimum absolute atomic E-state index is 0.00353. The highest BCUT2D eigenvalue weighted by molar-refractivity contribution is 6.00. The standard InChI is InChI=1S/C47H59N11O8/c1-27-35(26-53-46(55-27)66-32-11-9-31(10-12-32)47(3,4)5)42(60)56-36(15-16-48)45(63)58(6)40-30-8-14-39(65-22-19-51)34(25-30)33-23-29(7-13-38(33)64-21-18-50)24-37(43(61)52-20-17-49)57-41(59)28(2)54-44(40)62/h7-14,23,25-26,28,36-37,40H,15-16,18-22,24,48,50-51H2,1-6H3,(H,52,61)(H,54,62)(H,56,60)(H,57,59)/t28-,36-,37-,40-/m0/s1. The third-order valence-corrected chi connectivity index (χ3v) is 10.7. The number of nitrogens with two attached hydrogens (primary N) is 3. The number of hydrogen-bond donors (Lipinski definition) is 7. The Bertz CT molecular complexity index is 2430. The molecule has 0 fully saturated rings. The highest BCUT2D eigenvalue weighted by Crippen LogP contribution is 2.40. The molecule has 19 nitrogen and oxygen atoms in total. The minimum Gasteiger partial charge on any atom is -0.492 e. The number of fused-ring (bicyclic) bond motifs is 5. The fourth-order valence-corrected chi connectivity index (χ4v) is 7.21. The van der Waals surface area contributed by atoms with Gasteiger partial charge in [-0.05, 0) is 85.3 Å². The van der Waals surface area contributed by atoms with Crippen molar-refractivity contribution < 1.29 is 38.2 Å². The molecule has 350 valence electrons. The maximum Gasteiger partial charge on any atom is 0.322 e. The van der Waals surface area contributed by atoms with Crippen LogP contribution in [0.3, 0.4) is 0 Å². The van der Waals surface area contributed by atoms with Crippen molar-refractivity contribution in [3.05, 3.63) is 94.8 Å². The molecule has 4 bridgehead atoms. The third-order valence-electron chi connectivity index (χ3n) is 10.7. The first-order valence-corrected chi connectivity index (χ1v) is 21.6. The highest BCUT2D eigenvalue weighted by atomic mass is 16.5. The molecule has 0 saturated heterocycles. The SMILES string of the molecule is Cc1nc(Oc2ccc(C(C)(C)C)cc2)ncc1C(=O)N[C@@H](CCN)C(=O)N(C)[C@@H]1C(=O)N[C@@H](C)C(=O)N[C@H](C(=O)NCC#N)Cc2ccc(OCCN)c(c2)-c2cc1ccc2OCCN. The molecule has 19 heteroatoms. The molecule has 0 saturated carbocycles. The lowest BCUT2D eigenvalue weighted by molar-refractivity contribution is -0.141. The first-order valence-electron chi connectivity index (χ1n) is 21.6. The first-order chi connectivity index (χ1) is 31.5. The molecule has 1 aliphatic heterocycles. The van der Waals surface area contributed by atoms with E-state index in [1.54, 1.807) is 43.3 Å². The number of aryl methyl sites for hydroxylation is 1. The average molecular weight is 906 g/mol. The van der Waals surface area contributed by atoms with Gasteiger partial charge in [-0.25, -0.2) is 4.98 Å². The lowest BCUT2D eigenvalue weighted by Gasteiger charge is -2.32. The lowest BCUT2D eigenvalue weighted by atomic mass is 9.87. The average Bonchev–Trinajstić information content (AvgIpc) is 3.28. The molecule has 4 aromatic rings. The molecule has 5 rings (SSSR count). The van der Waals surface area contributed by atoms with E-state index >= 15 is 0 Å². The molecular formula is C47H59N11O8. The molecule has 2 heterocycles. The van der Waals surface area contributed by atoms with Crippen LogP contribution in [-0.4, -0.2) is 109 Å². The molecule has 0 radical (unpaired) electrons. The lowest BCUT2D eigenvalue weighted by Crippen LogP contribution is -2.56. The summed E-state index contributed by atoms with van der Waals surface area (Å²) in [6.07, 6.45) is 1.28. The minimum atomic E-state index is -1.42. The molecule has 0 spiro atoms. The fourth-order valence-electron chi connectivity index (χ4n) is 7.21. The number of ether oxygens (including phenoxy) is 3. The predicted molar refractivity (Wildman–Crippen MR) is 245 cm³/mol. The fraction of sp³-hybridized carbons (Fsp3) is 0.404. The molecule has 66 heavy (non-hydrogen) atoms. The molecular weight excluding hydrogens is 847 g/mol. The van der Waals surface area contributed by atoms with Gasteiger partial charge in [-0.3, -0.25) is 24.0 Å². The van der Waals surface area contributed by atoms with Gasteiger partial charge in [-0.2, -0.15) is 10.2 Å². The van der Waals surface area contributed by atoms with E-state index < -0.39 is 53.7 Å². The van der Waals surface area contributed by atoms with Gasteiger partial charge in [0.05, 0.1) is 17.3 Å². The van der Waals surface area contributed by atoms with E-state index in [2.05, 4.69) is 52.0 Å². The number of nitrogens with zero attached hydrogens (tertiary/aromatic N) is 4. The van der Waals surface area contributed by atoms with Crippen molar-refractivity contribution in [3.63, 3.8) is 0 Å². The Morgan fingerprint density at radius 2 is 1.58 bits per heavy atom. The van der Waals surface area contributed by atoms with E-state index in [0.717, 1.165) is 10.5 Å². The normalized spacial score (nSPS) is 16.6. The number of aromatic nitrogens is 2. The summed E-state index contributed by atoms with van der Waals surface area (Å²) in [6.45, 7) is 9.68. The molecule has 5 amide bonds. The number of carbonyl (C=O) groups excluding carboxylic acids is 5. The van der Waals surface area contributed by atoms with Crippen molar-refractivity contribution in [2.75, 3.05) is 46.4 Å². The molecule has 1 aliphatic rings. The van der Waals surface area contributed by atoms with Crippen molar-refractivity contribution in [2.24, 2.45) is 17.2 Å². The summed E-state index contributed by atoms with van der Waals surface area (Å²) in [4.78, 5) is 79.9. The van der Waals surface area contributed by atoms with Crippen LogP contribution in [0.1, 0.15) is 72.9 Å². The Morgan fingerprint density at radius 1 is 0.924 bits per heavy atom. The van der Waals surface area contributed by atoms with Crippen LogP contribution in [0, 0.1) is 18.3 Å². The van der Waals surface area contributed by atoms with Gasteiger partial charge in [0, 0.05) is 43.9 Å².